The minimum Gasteiger partial charge on any atom is -0.346 e. The highest BCUT2D eigenvalue weighted by Crippen LogP contribution is 1.92. The summed E-state index contributed by atoms with van der Waals surface area (Å²) in [4.78, 5) is 0. The zero-order valence-corrected chi connectivity index (χ0v) is 6.67. The van der Waals surface area contributed by atoms with Crippen LogP contribution >= 0.6 is 0 Å². The number of aliphatic hydroxyl groups is 1. The van der Waals surface area contributed by atoms with Crippen molar-refractivity contribution >= 4 is 0 Å². The van der Waals surface area contributed by atoms with Crippen molar-refractivity contribution < 1.29 is 14.6 Å². The molecule has 1 N–H and O–H groups in total. The van der Waals surface area contributed by atoms with Crippen LogP contribution in [0.15, 0.2) is 0 Å². The van der Waals surface area contributed by atoms with Gasteiger partial charge in [0, 0.05) is 0 Å². The number of aliphatic hydroxyl groups excluding tert-OH is 1. The molecule has 10 heavy (non-hydrogen) atoms. The summed E-state index contributed by atoms with van der Waals surface area (Å²) in [6.45, 7) is 4.02. The Morgan fingerprint density at radius 3 is 1.80 bits per heavy atom. The van der Waals surface area contributed by atoms with Gasteiger partial charge < -0.3 is 14.6 Å². The van der Waals surface area contributed by atoms with Crippen LogP contribution in [0.4, 0.5) is 0 Å². The Balaban J connectivity index is 3.00. The summed E-state index contributed by atoms with van der Waals surface area (Å²) in [5.74, 6) is 0. The third-order valence-corrected chi connectivity index (χ3v) is 0.929. The van der Waals surface area contributed by atoms with E-state index in [1.165, 1.54) is 0 Å². The van der Waals surface area contributed by atoms with Gasteiger partial charge >= 0.3 is 0 Å². The van der Waals surface area contributed by atoms with Crippen molar-refractivity contribution in [3.05, 3.63) is 0 Å². The molecule has 0 aliphatic heterocycles. The first-order chi connectivity index (χ1) is 4.81. The van der Waals surface area contributed by atoms with Gasteiger partial charge in [-0.15, -0.1) is 0 Å². The lowest BCUT2D eigenvalue weighted by Crippen LogP contribution is -2.17. The first kappa shape index (κ1) is 9.88. The molecule has 0 amide bonds. The molecule has 0 fully saturated rings. The molecule has 0 rings (SSSR count). The molecule has 3 heteroatoms. The number of rotatable bonds is 6. The Hall–Kier alpha value is -0.120. The van der Waals surface area contributed by atoms with E-state index in [1.807, 2.05) is 13.8 Å². The van der Waals surface area contributed by atoms with Gasteiger partial charge in [0.15, 0.2) is 0 Å². The molecule has 0 spiro atoms. The predicted molar refractivity (Wildman–Crippen MR) is 38.5 cm³/mol. The van der Waals surface area contributed by atoms with E-state index in [1.54, 1.807) is 0 Å². The average molecular weight is 148 g/mol. The van der Waals surface area contributed by atoms with Crippen molar-refractivity contribution in [3.63, 3.8) is 0 Å². The van der Waals surface area contributed by atoms with Crippen molar-refractivity contribution in [3.8, 4) is 0 Å². The fourth-order valence-electron chi connectivity index (χ4n) is 0.485. The Morgan fingerprint density at radius 1 is 1.10 bits per heavy atom. The molecule has 3 nitrogen and oxygen atoms in total. The van der Waals surface area contributed by atoms with E-state index in [2.05, 4.69) is 0 Å². The highest BCUT2D eigenvalue weighted by atomic mass is 16.8. The van der Waals surface area contributed by atoms with Gasteiger partial charge in [-0.3, -0.25) is 0 Å². The quantitative estimate of drug-likeness (QED) is 0.573. The van der Waals surface area contributed by atoms with Crippen LogP contribution < -0.4 is 0 Å². The first-order valence-corrected chi connectivity index (χ1v) is 3.72. The van der Waals surface area contributed by atoms with E-state index >= 15 is 0 Å². The van der Waals surface area contributed by atoms with Gasteiger partial charge in [-0.25, -0.2) is 0 Å². The Morgan fingerprint density at radius 2 is 1.50 bits per heavy atom. The molecular formula is C7H16O3. The van der Waals surface area contributed by atoms with Crippen molar-refractivity contribution in [2.45, 2.75) is 33.2 Å². The van der Waals surface area contributed by atoms with Crippen LogP contribution in [-0.4, -0.2) is 24.8 Å². The first-order valence-electron chi connectivity index (χ1n) is 3.72. The highest BCUT2D eigenvalue weighted by Gasteiger charge is 2.00. The van der Waals surface area contributed by atoms with Gasteiger partial charge in [0.05, 0.1) is 13.2 Å². The Labute approximate surface area is 62.0 Å². The monoisotopic (exact) mass is 148 g/mol. The molecule has 0 aliphatic carbocycles. The van der Waals surface area contributed by atoms with Gasteiger partial charge in [-0.2, -0.15) is 0 Å². The fraction of sp³-hybridized carbons (Fsp3) is 1.00. The summed E-state index contributed by atoms with van der Waals surface area (Å²) < 4.78 is 9.65. The van der Waals surface area contributed by atoms with Crippen molar-refractivity contribution in [2.75, 3.05) is 13.2 Å². The van der Waals surface area contributed by atoms with Gasteiger partial charge in [-0.1, -0.05) is 13.8 Å². The van der Waals surface area contributed by atoms with E-state index in [-0.39, 0.29) is 0 Å². The maximum Gasteiger partial charge on any atom is 0.269 e. The van der Waals surface area contributed by atoms with Crippen LogP contribution in [0, 0.1) is 0 Å². The Bertz CT molecular complexity index is 57.9. The number of hydrogen-bond donors (Lipinski definition) is 1. The van der Waals surface area contributed by atoms with Crippen molar-refractivity contribution in [1.82, 2.24) is 0 Å². The summed E-state index contributed by atoms with van der Waals surface area (Å²) >= 11 is 0. The molecular weight excluding hydrogens is 132 g/mol. The minimum absolute atomic E-state index is 0.547. The second-order valence-corrected chi connectivity index (χ2v) is 2.05. The lowest BCUT2D eigenvalue weighted by molar-refractivity contribution is -0.262. The second kappa shape index (κ2) is 6.99. The molecule has 0 radical (unpaired) electrons. The molecule has 0 bridgehead atoms. The number of hydrogen-bond acceptors (Lipinski definition) is 3. The molecule has 62 valence electrons. The molecule has 0 heterocycles. The molecule has 0 saturated carbocycles. The summed E-state index contributed by atoms with van der Waals surface area (Å²) in [5, 5.41) is 8.87. The fourth-order valence-corrected chi connectivity index (χ4v) is 0.485. The molecule has 0 atom stereocenters. The van der Waals surface area contributed by atoms with E-state index in [0.29, 0.717) is 13.2 Å². The van der Waals surface area contributed by atoms with Crippen molar-refractivity contribution in [2.24, 2.45) is 0 Å². The second-order valence-electron chi connectivity index (χ2n) is 2.05. The Kier molecular flexibility index (Phi) is 6.91. The van der Waals surface area contributed by atoms with E-state index in [0.717, 1.165) is 12.8 Å². The predicted octanol–water partition coefficient (Wildman–Crippen LogP) is 1.12. The van der Waals surface area contributed by atoms with Crippen molar-refractivity contribution in [1.29, 1.82) is 0 Å². The summed E-state index contributed by atoms with van der Waals surface area (Å²) in [5.41, 5.74) is 0. The largest absolute Gasteiger partial charge is 0.346 e. The van der Waals surface area contributed by atoms with Gasteiger partial charge in [0.25, 0.3) is 6.48 Å². The van der Waals surface area contributed by atoms with Crippen LogP contribution in [-0.2, 0) is 9.47 Å². The minimum atomic E-state index is -1.03. The van der Waals surface area contributed by atoms with E-state index < -0.39 is 6.48 Å². The number of ether oxygens (including phenoxy) is 2. The van der Waals surface area contributed by atoms with Crippen LogP contribution in [0.2, 0.25) is 0 Å². The maximum atomic E-state index is 8.87. The standard InChI is InChI=1S/C7H16O3/c1-3-5-9-7(8)10-6-4-2/h7-8H,3-6H2,1-2H3. The van der Waals surface area contributed by atoms with E-state index in [9.17, 15) is 0 Å². The molecule has 0 aromatic heterocycles. The molecule has 0 aromatic carbocycles. The smallest absolute Gasteiger partial charge is 0.269 e. The molecule has 0 aliphatic rings. The topological polar surface area (TPSA) is 38.7 Å². The summed E-state index contributed by atoms with van der Waals surface area (Å²) in [6.07, 6.45) is 1.79. The third-order valence-electron chi connectivity index (χ3n) is 0.929. The van der Waals surface area contributed by atoms with Crippen LogP contribution in [0.3, 0.4) is 0 Å². The van der Waals surface area contributed by atoms with Gasteiger partial charge in [0.2, 0.25) is 0 Å². The zero-order chi connectivity index (χ0) is 7.82. The SMILES string of the molecule is CCCOC(O)OCCC. The zero-order valence-electron chi connectivity index (χ0n) is 6.67. The summed E-state index contributed by atoms with van der Waals surface area (Å²) in [6, 6.07) is 0. The third kappa shape index (κ3) is 6.01. The molecule has 0 saturated heterocycles. The van der Waals surface area contributed by atoms with E-state index in [4.69, 9.17) is 14.6 Å². The average Bonchev–Trinajstić information content (AvgIpc) is 1.97. The van der Waals surface area contributed by atoms with Crippen LogP contribution in [0.1, 0.15) is 26.7 Å². The summed E-state index contributed by atoms with van der Waals surface area (Å²) in [7, 11) is 0. The van der Waals surface area contributed by atoms with Crippen LogP contribution in [0.25, 0.3) is 0 Å². The molecule has 0 aromatic rings. The lowest BCUT2D eigenvalue weighted by Gasteiger charge is -2.10. The van der Waals surface area contributed by atoms with Gasteiger partial charge in [0.1, 0.15) is 0 Å². The maximum absolute atomic E-state index is 8.87. The van der Waals surface area contributed by atoms with Gasteiger partial charge in [-0.05, 0) is 12.8 Å². The normalized spacial score (nSPS) is 10.8. The van der Waals surface area contributed by atoms with Crippen LogP contribution in [0.5, 0.6) is 0 Å². The highest BCUT2D eigenvalue weighted by molar-refractivity contribution is 4.26. The molecule has 0 unspecified atom stereocenters. The lowest BCUT2D eigenvalue weighted by atomic mass is 10.5.